The van der Waals surface area contributed by atoms with Gasteiger partial charge in [0.1, 0.15) is 0 Å². The van der Waals surface area contributed by atoms with Crippen LogP contribution in [0.15, 0.2) is 24.3 Å². The molecule has 0 saturated heterocycles. The second kappa shape index (κ2) is 6.68. The van der Waals surface area contributed by atoms with E-state index in [0.717, 1.165) is 0 Å². The standard InChI is InChI=1S/C16H25N/c1-2-3-4-5-6-9-13-17-14-12-15-10-7-8-11-16(15)17/h7-8,10-11H,2-6,9,12-14H2,1H3. The third kappa shape index (κ3) is 3.49. The molecule has 1 heterocycles. The molecule has 0 unspecified atom stereocenters. The average molecular weight is 231 g/mol. The van der Waals surface area contributed by atoms with E-state index in [1.54, 1.807) is 5.56 Å². The van der Waals surface area contributed by atoms with Gasteiger partial charge in [0, 0.05) is 18.8 Å². The molecule has 2 rings (SSSR count). The lowest BCUT2D eigenvalue weighted by Crippen LogP contribution is -2.21. The monoisotopic (exact) mass is 231 g/mol. The van der Waals surface area contributed by atoms with Crippen molar-refractivity contribution in [3.8, 4) is 0 Å². The molecule has 0 saturated carbocycles. The first kappa shape index (κ1) is 12.5. The number of para-hydroxylation sites is 1. The molecule has 0 spiro atoms. The van der Waals surface area contributed by atoms with Crippen molar-refractivity contribution in [2.45, 2.75) is 51.9 Å². The first-order chi connectivity index (χ1) is 8.42. The van der Waals surface area contributed by atoms with Crippen LogP contribution in [-0.4, -0.2) is 13.1 Å². The number of hydrogen-bond acceptors (Lipinski definition) is 1. The van der Waals surface area contributed by atoms with Gasteiger partial charge in [-0.3, -0.25) is 0 Å². The Hall–Kier alpha value is -0.980. The fourth-order valence-electron chi connectivity index (χ4n) is 2.72. The minimum atomic E-state index is 1.23. The minimum Gasteiger partial charge on any atom is -0.371 e. The molecule has 0 aliphatic carbocycles. The summed E-state index contributed by atoms with van der Waals surface area (Å²) in [5, 5.41) is 0. The van der Waals surface area contributed by atoms with E-state index in [4.69, 9.17) is 0 Å². The minimum absolute atomic E-state index is 1.23. The molecule has 0 aromatic heterocycles. The third-order valence-corrected chi connectivity index (χ3v) is 3.76. The smallest absolute Gasteiger partial charge is 0.0399 e. The van der Waals surface area contributed by atoms with Crippen molar-refractivity contribution in [3.63, 3.8) is 0 Å². The molecule has 1 nitrogen and oxygen atoms in total. The summed E-state index contributed by atoms with van der Waals surface area (Å²) in [6.45, 7) is 4.76. The van der Waals surface area contributed by atoms with Crippen LogP contribution in [0, 0.1) is 0 Å². The van der Waals surface area contributed by atoms with Crippen LogP contribution in [0.5, 0.6) is 0 Å². The van der Waals surface area contributed by atoms with E-state index in [2.05, 4.69) is 36.1 Å². The van der Waals surface area contributed by atoms with Crippen LogP contribution in [0.3, 0.4) is 0 Å². The summed E-state index contributed by atoms with van der Waals surface area (Å²) < 4.78 is 0. The fraction of sp³-hybridized carbons (Fsp3) is 0.625. The van der Waals surface area contributed by atoms with Gasteiger partial charge in [0.25, 0.3) is 0 Å². The van der Waals surface area contributed by atoms with Gasteiger partial charge >= 0.3 is 0 Å². The summed E-state index contributed by atoms with van der Waals surface area (Å²) in [5.41, 5.74) is 3.03. The first-order valence-electron chi connectivity index (χ1n) is 7.24. The average Bonchev–Trinajstić information content (AvgIpc) is 2.77. The lowest BCUT2D eigenvalue weighted by Gasteiger charge is -2.19. The molecule has 1 heteroatoms. The molecule has 1 aliphatic rings. The van der Waals surface area contributed by atoms with E-state index in [9.17, 15) is 0 Å². The van der Waals surface area contributed by atoms with E-state index in [0.29, 0.717) is 0 Å². The zero-order chi connectivity index (χ0) is 11.9. The Morgan fingerprint density at radius 3 is 2.65 bits per heavy atom. The quantitative estimate of drug-likeness (QED) is 0.628. The van der Waals surface area contributed by atoms with Gasteiger partial charge in [0.2, 0.25) is 0 Å². The Labute approximate surface area is 106 Å². The lowest BCUT2D eigenvalue weighted by molar-refractivity contribution is 0.602. The maximum Gasteiger partial charge on any atom is 0.0399 e. The molecule has 0 bridgehead atoms. The second-order valence-corrected chi connectivity index (χ2v) is 5.13. The van der Waals surface area contributed by atoms with Gasteiger partial charge in [0.15, 0.2) is 0 Å². The molecular formula is C16H25N. The molecule has 0 N–H and O–H groups in total. The van der Waals surface area contributed by atoms with Crippen molar-refractivity contribution in [1.82, 2.24) is 0 Å². The van der Waals surface area contributed by atoms with Crippen molar-refractivity contribution in [3.05, 3.63) is 29.8 Å². The van der Waals surface area contributed by atoms with Crippen molar-refractivity contribution in [2.75, 3.05) is 18.0 Å². The molecule has 1 aliphatic heterocycles. The van der Waals surface area contributed by atoms with Gasteiger partial charge in [-0.2, -0.15) is 0 Å². The maximum absolute atomic E-state index is 2.56. The van der Waals surface area contributed by atoms with E-state index in [1.807, 2.05) is 0 Å². The van der Waals surface area contributed by atoms with E-state index in [1.165, 1.54) is 63.7 Å². The topological polar surface area (TPSA) is 3.24 Å². The summed E-state index contributed by atoms with van der Waals surface area (Å²) >= 11 is 0. The maximum atomic E-state index is 2.56. The number of hydrogen-bond donors (Lipinski definition) is 0. The van der Waals surface area contributed by atoms with E-state index >= 15 is 0 Å². The number of nitrogens with zero attached hydrogens (tertiary/aromatic N) is 1. The SMILES string of the molecule is CCCCCCCCN1CCc2ccccc21. The number of unbranched alkanes of at least 4 members (excludes halogenated alkanes) is 5. The van der Waals surface area contributed by atoms with Crippen LogP contribution >= 0.6 is 0 Å². The summed E-state index contributed by atoms with van der Waals surface area (Å²) in [6.07, 6.45) is 9.60. The predicted octanol–water partition coefficient (Wildman–Crippen LogP) is 4.41. The lowest BCUT2D eigenvalue weighted by atomic mass is 10.1. The van der Waals surface area contributed by atoms with Crippen LogP contribution in [0.25, 0.3) is 0 Å². The first-order valence-corrected chi connectivity index (χ1v) is 7.24. The van der Waals surface area contributed by atoms with Gasteiger partial charge in [-0.15, -0.1) is 0 Å². The Kier molecular flexibility index (Phi) is 4.90. The normalized spacial score (nSPS) is 14.1. The van der Waals surface area contributed by atoms with Crippen LogP contribution in [0.4, 0.5) is 5.69 Å². The molecule has 0 amide bonds. The largest absolute Gasteiger partial charge is 0.371 e. The molecule has 17 heavy (non-hydrogen) atoms. The second-order valence-electron chi connectivity index (χ2n) is 5.13. The number of anilines is 1. The predicted molar refractivity (Wildman–Crippen MR) is 75.7 cm³/mol. The van der Waals surface area contributed by atoms with Gasteiger partial charge in [0.05, 0.1) is 0 Å². The molecule has 1 aromatic rings. The van der Waals surface area contributed by atoms with Gasteiger partial charge in [-0.1, -0.05) is 57.2 Å². The van der Waals surface area contributed by atoms with Crippen LogP contribution in [0.2, 0.25) is 0 Å². The Balaban J connectivity index is 1.68. The molecule has 1 aromatic carbocycles. The van der Waals surface area contributed by atoms with Crippen molar-refractivity contribution < 1.29 is 0 Å². The summed E-state index contributed by atoms with van der Waals surface area (Å²) in [5.74, 6) is 0. The zero-order valence-electron chi connectivity index (χ0n) is 11.1. The van der Waals surface area contributed by atoms with Crippen LogP contribution < -0.4 is 4.90 Å². The Bertz CT molecular complexity index is 332. The highest BCUT2D eigenvalue weighted by molar-refractivity contribution is 5.57. The highest BCUT2D eigenvalue weighted by Crippen LogP contribution is 2.27. The van der Waals surface area contributed by atoms with E-state index in [-0.39, 0.29) is 0 Å². The van der Waals surface area contributed by atoms with Gasteiger partial charge in [-0.05, 0) is 24.5 Å². The third-order valence-electron chi connectivity index (χ3n) is 3.76. The number of benzene rings is 1. The van der Waals surface area contributed by atoms with Crippen LogP contribution in [-0.2, 0) is 6.42 Å². The molecule has 0 radical (unpaired) electrons. The van der Waals surface area contributed by atoms with Crippen molar-refractivity contribution in [2.24, 2.45) is 0 Å². The summed E-state index contributed by atoms with van der Waals surface area (Å²) in [7, 11) is 0. The summed E-state index contributed by atoms with van der Waals surface area (Å²) in [4.78, 5) is 2.56. The fourth-order valence-corrected chi connectivity index (χ4v) is 2.72. The van der Waals surface area contributed by atoms with Crippen LogP contribution in [0.1, 0.15) is 51.0 Å². The Morgan fingerprint density at radius 1 is 1.00 bits per heavy atom. The van der Waals surface area contributed by atoms with Gasteiger partial charge < -0.3 is 4.90 Å². The highest BCUT2D eigenvalue weighted by Gasteiger charge is 2.16. The van der Waals surface area contributed by atoms with Crippen molar-refractivity contribution >= 4 is 5.69 Å². The molecular weight excluding hydrogens is 206 g/mol. The van der Waals surface area contributed by atoms with Gasteiger partial charge in [-0.25, -0.2) is 0 Å². The number of rotatable bonds is 7. The Morgan fingerprint density at radius 2 is 1.76 bits per heavy atom. The zero-order valence-corrected chi connectivity index (χ0v) is 11.1. The van der Waals surface area contributed by atoms with Crippen molar-refractivity contribution in [1.29, 1.82) is 0 Å². The number of fused-ring (bicyclic) bond motifs is 1. The highest BCUT2D eigenvalue weighted by atomic mass is 15.1. The van der Waals surface area contributed by atoms with E-state index < -0.39 is 0 Å². The molecule has 0 fully saturated rings. The summed E-state index contributed by atoms with van der Waals surface area (Å²) in [6, 6.07) is 8.88. The molecule has 0 atom stereocenters. The molecule has 94 valence electrons.